The van der Waals surface area contributed by atoms with Crippen LogP contribution in [0.2, 0.25) is 0 Å². The average Bonchev–Trinajstić information content (AvgIpc) is 2.43. The number of halogens is 1. The zero-order valence-electron chi connectivity index (χ0n) is 11.5. The third-order valence-electron chi connectivity index (χ3n) is 3.47. The Morgan fingerprint density at radius 2 is 2.30 bits per heavy atom. The van der Waals surface area contributed by atoms with Gasteiger partial charge in [0, 0.05) is 24.4 Å². The van der Waals surface area contributed by atoms with Crippen molar-refractivity contribution in [1.29, 1.82) is 0 Å². The summed E-state index contributed by atoms with van der Waals surface area (Å²) in [6, 6.07) is 0. The molecule has 2 rings (SSSR count). The van der Waals surface area contributed by atoms with Crippen LogP contribution in [-0.4, -0.2) is 24.4 Å². The van der Waals surface area contributed by atoms with Crippen LogP contribution in [0.3, 0.4) is 0 Å². The van der Waals surface area contributed by atoms with Crippen molar-refractivity contribution in [3.8, 4) is 0 Å². The quantitative estimate of drug-likeness (QED) is 0.359. The molecule has 1 heterocycles. The van der Waals surface area contributed by atoms with E-state index in [1.165, 1.54) is 19.1 Å². The molecule has 1 aliphatic carbocycles. The van der Waals surface area contributed by atoms with Gasteiger partial charge >= 0.3 is 0 Å². The number of aldehydes is 1. The number of alkyl halides is 1. The number of piperidine rings is 1. The van der Waals surface area contributed by atoms with Crippen LogP contribution in [0.5, 0.6) is 0 Å². The van der Waals surface area contributed by atoms with Gasteiger partial charge in [0.2, 0.25) is 0 Å². The van der Waals surface area contributed by atoms with Gasteiger partial charge in [0.05, 0.1) is 5.57 Å². The first-order valence-corrected chi connectivity index (χ1v) is 6.84. The largest absolute Gasteiger partial charge is 0.388 e. The molecule has 0 aromatic carbocycles. The number of nitrogens with one attached hydrogen (secondary N) is 2. The molecule has 1 amide bonds. The van der Waals surface area contributed by atoms with Gasteiger partial charge in [0.1, 0.15) is 5.67 Å². The highest BCUT2D eigenvalue weighted by Crippen LogP contribution is 2.23. The van der Waals surface area contributed by atoms with Crippen LogP contribution in [0.15, 0.2) is 35.2 Å². The average molecular weight is 278 g/mol. The molecule has 1 aliphatic heterocycles. The van der Waals surface area contributed by atoms with Gasteiger partial charge in [-0.15, -0.1) is 0 Å². The molecule has 0 aromatic rings. The van der Waals surface area contributed by atoms with Crippen molar-refractivity contribution in [2.75, 3.05) is 6.54 Å². The number of carbonyl (C=O) groups excluding carboxylic acids is 2. The van der Waals surface area contributed by atoms with E-state index in [4.69, 9.17) is 0 Å². The summed E-state index contributed by atoms with van der Waals surface area (Å²) in [5.41, 5.74) is -0.0154. The topological polar surface area (TPSA) is 58.2 Å². The number of hydrogen-bond donors (Lipinski definition) is 2. The summed E-state index contributed by atoms with van der Waals surface area (Å²) in [5, 5.41) is 5.74. The summed E-state index contributed by atoms with van der Waals surface area (Å²) in [6.07, 6.45) is 8.08. The van der Waals surface area contributed by atoms with E-state index in [2.05, 4.69) is 10.6 Å². The number of hydrogen-bond acceptors (Lipinski definition) is 3. The van der Waals surface area contributed by atoms with Crippen molar-refractivity contribution in [3.63, 3.8) is 0 Å². The maximum atomic E-state index is 13.6. The molecule has 20 heavy (non-hydrogen) atoms. The molecule has 1 atom stereocenters. The maximum absolute atomic E-state index is 13.6. The first-order valence-electron chi connectivity index (χ1n) is 6.84. The molecule has 1 fully saturated rings. The Balaban J connectivity index is 2.06. The number of carbonyl (C=O) groups is 2. The molecular weight excluding hydrogens is 259 g/mol. The van der Waals surface area contributed by atoms with Gasteiger partial charge in [-0.3, -0.25) is 9.59 Å². The molecule has 0 aromatic heterocycles. The fourth-order valence-electron chi connectivity index (χ4n) is 2.25. The maximum Gasteiger partial charge on any atom is 0.260 e. The predicted octanol–water partition coefficient (Wildman–Crippen LogP) is 1.90. The smallest absolute Gasteiger partial charge is 0.260 e. The van der Waals surface area contributed by atoms with E-state index in [0.29, 0.717) is 24.1 Å². The van der Waals surface area contributed by atoms with E-state index >= 15 is 0 Å². The molecule has 0 bridgehead atoms. The van der Waals surface area contributed by atoms with Gasteiger partial charge < -0.3 is 10.6 Å². The number of amides is 1. The fraction of sp³-hybridized carbons (Fsp3) is 0.467. The molecule has 0 saturated carbocycles. The summed E-state index contributed by atoms with van der Waals surface area (Å²) in [6.45, 7) is 2.26. The van der Waals surface area contributed by atoms with Crippen molar-refractivity contribution in [3.05, 3.63) is 35.2 Å². The molecule has 1 saturated heterocycles. The van der Waals surface area contributed by atoms with E-state index in [9.17, 15) is 14.0 Å². The Hall–Kier alpha value is -1.91. The highest BCUT2D eigenvalue weighted by molar-refractivity contribution is 6.11. The minimum absolute atomic E-state index is 0.132. The van der Waals surface area contributed by atoms with Crippen LogP contribution in [0.25, 0.3) is 0 Å². The minimum Gasteiger partial charge on any atom is -0.388 e. The van der Waals surface area contributed by atoms with Gasteiger partial charge in [-0.2, -0.15) is 0 Å². The van der Waals surface area contributed by atoms with Crippen LogP contribution < -0.4 is 10.6 Å². The van der Waals surface area contributed by atoms with Gasteiger partial charge in [-0.05, 0) is 38.3 Å². The lowest BCUT2D eigenvalue weighted by molar-refractivity contribution is -0.118. The molecule has 5 heteroatoms. The second-order valence-electron chi connectivity index (χ2n) is 5.32. The van der Waals surface area contributed by atoms with Gasteiger partial charge in [-0.25, -0.2) is 4.39 Å². The third-order valence-corrected chi connectivity index (χ3v) is 3.47. The van der Waals surface area contributed by atoms with Crippen LogP contribution in [0.1, 0.15) is 32.6 Å². The Morgan fingerprint density at radius 1 is 1.50 bits per heavy atom. The fourth-order valence-corrected chi connectivity index (χ4v) is 2.25. The Bertz CT molecular complexity index is 496. The van der Waals surface area contributed by atoms with E-state index in [1.54, 1.807) is 6.08 Å². The van der Waals surface area contributed by atoms with Crippen molar-refractivity contribution in [2.45, 2.75) is 38.3 Å². The minimum atomic E-state index is -1.37. The van der Waals surface area contributed by atoms with Crippen LogP contribution >= 0.6 is 0 Å². The van der Waals surface area contributed by atoms with Crippen LogP contribution in [0.4, 0.5) is 4.39 Å². The van der Waals surface area contributed by atoms with Crippen LogP contribution in [-0.2, 0) is 9.59 Å². The summed E-state index contributed by atoms with van der Waals surface area (Å²) >= 11 is 0. The molecule has 0 spiro atoms. The first-order chi connectivity index (χ1) is 9.52. The van der Waals surface area contributed by atoms with E-state index in [-0.39, 0.29) is 12.0 Å². The molecular formula is C15H19FN2O2. The SMILES string of the molecule is CC1(F)C=CC(NC(=O)/C(C=O)=C2/CCCCN2)=CC1. The standard InChI is InChI=1S/C15H19FN2O2/c1-15(16)7-5-11(6-8-15)18-14(20)12(10-19)13-4-2-3-9-17-13/h5-7,10,17H,2-4,8-9H2,1H3,(H,18,20)/b13-12-. The summed E-state index contributed by atoms with van der Waals surface area (Å²) in [4.78, 5) is 23.2. The van der Waals surface area contributed by atoms with Crippen molar-refractivity contribution in [2.24, 2.45) is 0 Å². The molecule has 2 N–H and O–H groups in total. The van der Waals surface area contributed by atoms with E-state index in [0.717, 1.165) is 19.4 Å². The van der Waals surface area contributed by atoms with Gasteiger partial charge in [0.25, 0.3) is 5.91 Å². The lowest BCUT2D eigenvalue weighted by atomic mass is 9.98. The number of rotatable bonds is 3. The van der Waals surface area contributed by atoms with Gasteiger partial charge in [0.15, 0.2) is 6.29 Å². The van der Waals surface area contributed by atoms with Crippen molar-refractivity contribution in [1.82, 2.24) is 10.6 Å². The third kappa shape index (κ3) is 3.56. The summed E-state index contributed by atoms with van der Waals surface area (Å²) < 4.78 is 13.6. The van der Waals surface area contributed by atoms with Crippen molar-refractivity contribution >= 4 is 12.2 Å². The number of allylic oxidation sites excluding steroid dienone is 4. The second kappa shape index (κ2) is 6.03. The highest BCUT2D eigenvalue weighted by Gasteiger charge is 2.22. The monoisotopic (exact) mass is 278 g/mol. The molecule has 1 unspecified atom stereocenters. The normalized spacial score (nSPS) is 28.2. The zero-order chi connectivity index (χ0) is 14.6. The van der Waals surface area contributed by atoms with Crippen LogP contribution in [0, 0.1) is 0 Å². The molecule has 0 radical (unpaired) electrons. The second-order valence-corrected chi connectivity index (χ2v) is 5.32. The zero-order valence-corrected chi connectivity index (χ0v) is 11.5. The molecule has 108 valence electrons. The van der Waals surface area contributed by atoms with E-state index in [1.807, 2.05) is 0 Å². The Morgan fingerprint density at radius 3 is 2.85 bits per heavy atom. The summed E-state index contributed by atoms with van der Waals surface area (Å²) in [7, 11) is 0. The lowest BCUT2D eigenvalue weighted by Gasteiger charge is -2.21. The van der Waals surface area contributed by atoms with Crippen molar-refractivity contribution < 1.29 is 14.0 Å². The highest BCUT2D eigenvalue weighted by atomic mass is 19.1. The first kappa shape index (κ1) is 14.5. The lowest BCUT2D eigenvalue weighted by Crippen LogP contribution is -2.31. The Labute approximate surface area is 117 Å². The van der Waals surface area contributed by atoms with Gasteiger partial charge in [-0.1, -0.05) is 6.08 Å². The molecule has 2 aliphatic rings. The Kier molecular flexibility index (Phi) is 4.37. The summed E-state index contributed by atoms with van der Waals surface area (Å²) in [5.74, 6) is -0.442. The van der Waals surface area contributed by atoms with E-state index < -0.39 is 11.6 Å². The molecule has 4 nitrogen and oxygen atoms in total. The predicted molar refractivity (Wildman–Crippen MR) is 74.4 cm³/mol.